The number of nitrogens with zero attached hydrogens (tertiary/aromatic N) is 3. The third-order valence-corrected chi connectivity index (χ3v) is 3.36. The van der Waals surface area contributed by atoms with Crippen LogP contribution in [0, 0.1) is 0 Å². The van der Waals surface area contributed by atoms with Crippen LogP contribution in [0.1, 0.15) is 17.8 Å². The molecule has 4 nitrogen and oxygen atoms in total. The van der Waals surface area contributed by atoms with Gasteiger partial charge in [-0.05, 0) is 24.4 Å². The molecule has 0 aromatic carbocycles. The third-order valence-electron chi connectivity index (χ3n) is 2.36. The van der Waals surface area contributed by atoms with Gasteiger partial charge in [-0.25, -0.2) is 0 Å². The van der Waals surface area contributed by atoms with E-state index in [2.05, 4.69) is 15.1 Å². The number of rotatable bonds is 2. The minimum atomic E-state index is -0.121. The Morgan fingerprint density at radius 3 is 2.71 bits per heavy atom. The van der Waals surface area contributed by atoms with E-state index in [0.29, 0.717) is 4.47 Å². The molecule has 1 aromatic heterocycles. The first-order chi connectivity index (χ1) is 6.74. The lowest BCUT2D eigenvalue weighted by molar-refractivity contribution is 0.0791. The molecule has 0 amide bonds. The van der Waals surface area contributed by atoms with Crippen LogP contribution in [0.5, 0.6) is 0 Å². The van der Waals surface area contributed by atoms with Crippen LogP contribution in [0.15, 0.2) is 0 Å². The second-order valence-corrected chi connectivity index (χ2v) is 5.10. The Labute approximate surface area is 91.5 Å². The first kappa shape index (κ1) is 10.3. The monoisotopic (exact) mass is 233 g/mol. The van der Waals surface area contributed by atoms with Crippen molar-refractivity contribution in [3.8, 4) is 0 Å². The highest BCUT2D eigenvalue weighted by atomic mass is 35.5. The van der Waals surface area contributed by atoms with E-state index in [1.165, 1.54) is 11.3 Å². The predicted octanol–water partition coefficient (Wildman–Crippen LogP) is 1.15. The molecule has 1 saturated heterocycles. The van der Waals surface area contributed by atoms with Gasteiger partial charge in [-0.1, -0.05) is 11.3 Å². The van der Waals surface area contributed by atoms with Crippen molar-refractivity contribution in [3.05, 3.63) is 9.47 Å². The number of aliphatic hydroxyl groups is 1. The Balaban J connectivity index is 1.86. The molecule has 0 bridgehead atoms. The largest absolute Gasteiger partial charge is 0.393 e. The van der Waals surface area contributed by atoms with Crippen LogP contribution < -0.4 is 0 Å². The number of halogens is 1. The van der Waals surface area contributed by atoms with Crippen molar-refractivity contribution in [3.63, 3.8) is 0 Å². The number of hydrogen-bond acceptors (Lipinski definition) is 5. The van der Waals surface area contributed by atoms with E-state index in [1.54, 1.807) is 0 Å². The topological polar surface area (TPSA) is 49.2 Å². The minimum absolute atomic E-state index is 0.121. The van der Waals surface area contributed by atoms with Crippen molar-refractivity contribution in [2.24, 2.45) is 0 Å². The summed E-state index contributed by atoms with van der Waals surface area (Å²) in [5, 5.41) is 18.0. The second-order valence-electron chi connectivity index (χ2n) is 3.46. The van der Waals surface area contributed by atoms with Gasteiger partial charge < -0.3 is 5.11 Å². The molecular weight excluding hydrogens is 222 g/mol. The molecule has 1 fully saturated rings. The van der Waals surface area contributed by atoms with E-state index in [-0.39, 0.29) is 6.10 Å². The highest BCUT2D eigenvalue weighted by molar-refractivity contribution is 7.15. The second kappa shape index (κ2) is 4.53. The average Bonchev–Trinajstić information content (AvgIpc) is 2.56. The van der Waals surface area contributed by atoms with Crippen LogP contribution in [0.4, 0.5) is 0 Å². The van der Waals surface area contributed by atoms with E-state index in [9.17, 15) is 5.11 Å². The molecule has 0 saturated carbocycles. The molecule has 6 heteroatoms. The van der Waals surface area contributed by atoms with Gasteiger partial charge in [-0.3, -0.25) is 4.90 Å². The molecule has 2 heterocycles. The number of aliphatic hydroxyl groups excluding tert-OH is 1. The SMILES string of the molecule is OC1CCN(Cc2nnc(Cl)s2)CC1. The van der Waals surface area contributed by atoms with Crippen LogP contribution in [0.3, 0.4) is 0 Å². The normalized spacial score (nSPS) is 20.1. The average molecular weight is 234 g/mol. The van der Waals surface area contributed by atoms with E-state index < -0.39 is 0 Å². The Morgan fingerprint density at radius 2 is 2.14 bits per heavy atom. The zero-order chi connectivity index (χ0) is 9.97. The summed E-state index contributed by atoms with van der Waals surface area (Å²) in [5.41, 5.74) is 0. The van der Waals surface area contributed by atoms with Gasteiger partial charge in [0.25, 0.3) is 0 Å². The predicted molar refractivity (Wildman–Crippen MR) is 55.4 cm³/mol. The molecule has 0 radical (unpaired) electrons. The molecule has 1 N–H and O–H groups in total. The maximum Gasteiger partial charge on any atom is 0.207 e. The smallest absolute Gasteiger partial charge is 0.207 e. The maximum atomic E-state index is 9.32. The molecule has 0 aliphatic carbocycles. The number of aromatic nitrogens is 2. The molecule has 78 valence electrons. The number of piperidine rings is 1. The summed E-state index contributed by atoms with van der Waals surface area (Å²) in [6.45, 7) is 2.66. The van der Waals surface area contributed by atoms with Crippen molar-refractivity contribution in [2.45, 2.75) is 25.5 Å². The van der Waals surface area contributed by atoms with Gasteiger partial charge >= 0.3 is 0 Å². The third kappa shape index (κ3) is 2.63. The minimum Gasteiger partial charge on any atom is -0.393 e. The lowest BCUT2D eigenvalue weighted by Crippen LogP contribution is -2.35. The highest BCUT2D eigenvalue weighted by Gasteiger charge is 2.18. The molecule has 2 rings (SSSR count). The fourth-order valence-corrected chi connectivity index (χ4v) is 2.48. The quantitative estimate of drug-likeness (QED) is 0.833. The van der Waals surface area contributed by atoms with E-state index in [1.807, 2.05) is 0 Å². The fraction of sp³-hybridized carbons (Fsp3) is 0.750. The summed E-state index contributed by atoms with van der Waals surface area (Å²) in [7, 11) is 0. The van der Waals surface area contributed by atoms with Crippen LogP contribution in [0.2, 0.25) is 4.47 Å². The molecule has 0 unspecified atom stereocenters. The van der Waals surface area contributed by atoms with Crippen molar-refractivity contribution >= 4 is 22.9 Å². The van der Waals surface area contributed by atoms with Crippen LogP contribution in [-0.4, -0.2) is 39.4 Å². The van der Waals surface area contributed by atoms with Gasteiger partial charge in [-0.15, -0.1) is 10.2 Å². The summed E-state index contributed by atoms with van der Waals surface area (Å²) >= 11 is 7.11. The van der Waals surface area contributed by atoms with Crippen LogP contribution >= 0.6 is 22.9 Å². The first-order valence-electron chi connectivity index (χ1n) is 4.62. The molecule has 0 atom stereocenters. The summed E-state index contributed by atoms with van der Waals surface area (Å²) < 4.78 is 0.497. The van der Waals surface area contributed by atoms with Crippen molar-refractivity contribution in [1.29, 1.82) is 0 Å². The summed E-state index contributed by atoms with van der Waals surface area (Å²) in [6.07, 6.45) is 1.59. The van der Waals surface area contributed by atoms with E-state index >= 15 is 0 Å². The zero-order valence-electron chi connectivity index (χ0n) is 7.69. The van der Waals surface area contributed by atoms with Crippen molar-refractivity contribution in [2.75, 3.05) is 13.1 Å². The first-order valence-corrected chi connectivity index (χ1v) is 5.82. The molecule has 0 spiro atoms. The summed E-state index contributed by atoms with van der Waals surface area (Å²) in [4.78, 5) is 2.27. The number of likely N-dealkylation sites (tertiary alicyclic amines) is 1. The van der Waals surface area contributed by atoms with Gasteiger partial charge in [0.15, 0.2) is 0 Å². The molecule has 14 heavy (non-hydrogen) atoms. The van der Waals surface area contributed by atoms with Crippen LogP contribution in [0.25, 0.3) is 0 Å². The van der Waals surface area contributed by atoms with Crippen LogP contribution in [-0.2, 0) is 6.54 Å². The van der Waals surface area contributed by atoms with Crippen molar-refractivity contribution in [1.82, 2.24) is 15.1 Å². The van der Waals surface area contributed by atoms with E-state index in [0.717, 1.165) is 37.5 Å². The Bertz CT molecular complexity index is 299. The maximum absolute atomic E-state index is 9.32. The van der Waals surface area contributed by atoms with Gasteiger partial charge in [0.2, 0.25) is 4.47 Å². The van der Waals surface area contributed by atoms with Gasteiger partial charge in [0, 0.05) is 13.1 Å². The zero-order valence-corrected chi connectivity index (χ0v) is 9.26. The molecule has 1 aliphatic rings. The summed E-state index contributed by atoms with van der Waals surface area (Å²) in [6, 6.07) is 0. The number of hydrogen-bond donors (Lipinski definition) is 1. The van der Waals surface area contributed by atoms with E-state index in [4.69, 9.17) is 11.6 Å². The Morgan fingerprint density at radius 1 is 1.43 bits per heavy atom. The highest BCUT2D eigenvalue weighted by Crippen LogP contribution is 2.18. The summed E-state index contributed by atoms with van der Waals surface area (Å²) in [5.74, 6) is 0. The Kier molecular flexibility index (Phi) is 3.33. The lowest BCUT2D eigenvalue weighted by atomic mass is 10.1. The Hall–Kier alpha value is -0.230. The fourth-order valence-electron chi connectivity index (χ4n) is 1.57. The lowest BCUT2D eigenvalue weighted by Gasteiger charge is -2.28. The van der Waals surface area contributed by atoms with Gasteiger partial charge in [-0.2, -0.15) is 0 Å². The van der Waals surface area contributed by atoms with Gasteiger partial charge in [0.1, 0.15) is 5.01 Å². The standard InChI is InChI=1S/C8H12ClN3OS/c9-8-11-10-7(14-8)5-12-3-1-6(13)2-4-12/h6,13H,1-5H2. The van der Waals surface area contributed by atoms with Crippen molar-refractivity contribution < 1.29 is 5.11 Å². The molecule has 1 aliphatic heterocycles. The molecule has 1 aromatic rings. The molecular formula is C8H12ClN3OS. The van der Waals surface area contributed by atoms with Gasteiger partial charge in [0.05, 0.1) is 12.6 Å².